The highest BCUT2D eigenvalue weighted by Gasteiger charge is 2.27. The first-order chi connectivity index (χ1) is 11.1. The highest BCUT2D eigenvalue weighted by molar-refractivity contribution is 5.90. The first-order valence-electron chi connectivity index (χ1n) is 6.13. The van der Waals surface area contributed by atoms with Crippen LogP contribution in [0.4, 0.5) is 33.3 Å². The van der Waals surface area contributed by atoms with Crippen LogP contribution < -0.4 is 5.32 Å². The Morgan fingerprint density at radius 3 is 2.12 bits per heavy atom. The van der Waals surface area contributed by atoms with Crippen molar-refractivity contribution < 1.29 is 31.7 Å². The molecule has 1 N–H and O–H groups in total. The first-order valence-corrected chi connectivity index (χ1v) is 6.13. The number of hydrogen-bond donors (Lipinski definition) is 1. The van der Waals surface area contributed by atoms with Crippen molar-refractivity contribution in [1.82, 2.24) is 9.78 Å². The molecular weight excluding hydrogens is 343 g/mol. The van der Waals surface area contributed by atoms with Crippen LogP contribution in [0.1, 0.15) is 5.69 Å². The monoisotopic (exact) mass is 350 g/mol. The van der Waals surface area contributed by atoms with E-state index >= 15 is 0 Å². The van der Waals surface area contributed by atoms with Crippen LogP contribution in [-0.2, 0) is 11.3 Å². The lowest BCUT2D eigenvalue weighted by Gasteiger charge is -2.10. The fraction of sp³-hybridized carbons (Fsp3) is 0.167. The van der Waals surface area contributed by atoms with Crippen LogP contribution in [0, 0.1) is 46.1 Å². The SMILES string of the molecule is Cc1c([N+](=O)[O-])cnn1CC(=O)Nc1c(F)c(F)c(F)c(F)c1F. The van der Waals surface area contributed by atoms with Gasteiger partial charge in [0.05, 0.1) is 4.92 Å². The van der Waals surface area contributed by atoms with Gasteiger partial charge in [-0.25, -0.2) is 22.0 Å². The van der Waals surface area contributed by atoms with Gasteiger partial charge in [-0.2, -0.15) is 5.10 Å². The third kappa shape index (κ3) is 2.89. The molecule has 0 bridgehead atoms. The van der Waals surface area contributed by atoms with Crippen LogP contribution in [0.25, 0.3) is 0 Å². The van der Waals surface area contributed by atoms with Gasteiger partial charge in [0, 0.05) is 0 Å². The zero-order chi connectivity index (χ0) is 18.2. The lowest BCUT2D eigenvalue weighted by Crippen LogP contribution is -2.22. The number of rotatable bonds is 4. The number of hydrogen-bond acceptors (Lipinski definition) is 4. The molecule has 2 aromatic rings. The second-order valence-corrected chi connectivity index (χ2v) is 4.52. The van der Waals surface area contributed by atoms with E-state index in [9.17, 15) is 36.9 Å². The van der Waals surface area contributed by atoms with Gasteiger partial charge in [0.15, 0.2) is 23.3 Å². The molecule has 0 aliphatic rings. The Balaban J connectivity index is 2.27. The highest BCUT2D eigenvalue weighted by atomic mass is 19.2. The molecule has 2 rings (SSSR count). The van der Waals surface area contributed by atoms with Gasteiger partial charge in [-0.05, 0) is 6.92 Å². The van der Waals surface area contributed by atoms with E-state index in [4.69, 9.17) is 0 Å². The number of aromatic nitrogens is 2. The van der Waals surface area contributed by atoms with E-state index in [0.29, 0.717) is 0 Å². The number of anilines is 1. The topological polar surface area (TPSA) is 90.1 Å². The maximum atomic E-state index is 13.4. The van der Waals surface area contributed by atoms with Gasteiger partial charge < -0.3 is 5.32 Å². The van der Waals surface area contributed by atoms with Crippen molar-refractivity contribution in [1.29, 1.82) is 0 Å². The molecule has 128 valence electrons. The quantitative estimate of drug-likeness (QED) is 0.301. The summed E-state index contributed by atoms with van der Waals surface area (Å²) in [5.74, 6) is -12.4. The molecule has 0 radical (unpaired) electrons. The summed E-state index contributed by atoms with van der Waals surface area (Å²) in [5.41, 5.74) is -1.96. The lowest BCUT2D eigenvalue weighted by molar-refractivity contribution is -0.385. The van der Waals surface area contributed by atoms with Gasteiger partial charge in [-0.15, -0.1) is 0 Å². The average molecular weight is 350 g/mol. The molecule has 7 nitrogen and oxygen atoms in total. The number of carbonyl (C=O) groups is 1. The van der Waals surface area contributed by atoms with Gasteiger partial charge in [-0.1, -0.05) is 0 Å². The molecule has 0 aliphatic heterocycles. The predicted octanol–water partition coefficient (Wildman–Crippen LogP) is 2.43. The maximum Gasteiger partial charge on any atom is 0.309 e. The predicted molar refractivity (Wildman–Crippen MR) is 68.5 cm³/mol. The third-order valence-electron chi connectivity index (χ3n) is 3.04. The van der Waals surface area contributed by atoms with E-state index in [2.05, 4.69) is 5.10 Å². The molecule has 1 aromatic heterocycles. The summed E-state index contributed by atoms with van der Waals surface area (Å²) >= 11 is 0. The van der Waals surface area contributed by atoms with Gasteiger partial charge in [0.2, 0.25) is 11.7 Å². The molecule has 0 aliphatic carbocycles. The second-order valence-electron chi connectivity index (χ2n) is 4.52. The minimum Gasteiger partial charge on any atom is -0.319 e. The minimum absolute atomic E-state index is 0.0347. The molecule has 1 aromatic carbocycles. The Hall–Kier alpha value is -3.05. The molecule has 0 fully saturated rings. The van der Waals surface area contributed by atoms with E-state index < -0.39 is 57.8 Å². The van der Waals surface area contributed by atoms with Crippen molar-refractivity contribution in [2.75, 3.05) is 5.32 Å². The number of halogens is 5. The van der Waals surface area contributed by atoms with Crippen LogP contribution in [0.2, 0.25) is 0 Å². The smallest absolute Gasteiger partial charge is 0.309 e. The number of benzene rings is 1. The Morgan fingerprint density at radius 2 is 1.67 bits per heavy atom. The van der Waals surface area contributed by atoms with Crippen molar-refractivity contribution in [2.24, 2.45) is 0 Å². The van der Waals surface area contributed by atoms with E-state index in [1.165, 1.54) is 12.2 Å². The molecule has 0 atom stereocenters. The highest BCUT2D eigenvalue weighted by Crippen LogP contribution is 2.27. The van der Waals surface area contributed by atoms with Crippen molar-refractivity contribution in [3.63, 3.8) is 0 Å². The fourth-order valence-electron chi connectivity index (χ4n) is 1.80. The van der Waals surface area contributed by atoms with Crippen molar-refractivity contribution >= 4 is 17.3 Å². The van der Waals surface area contributed by atoms with E-state index in [-0.39, 0.29) is 5.69 Å². The Bertz CT molecular complexity index is 823. The molecule has 0 unspecified atom stereocenters. The zero-order valence-corrected chi connectivity index (χ0v) is 11.7. The molecule has 12 heteroatoms. The zero-order valence-electron chi connectivity index (χ0n) is 11.7. The molecule has 24 heavy (non-hydrogen) atoms. The Kier molecular flexibility index (Phi) is 4.48. The van der Waals surface area contributed by atoms with E-state index in [1.807, 2.05) is 0 Å². The van der Waals surface area contributed by atoms with Crippen LogP contribution in [-0.4, -0.2) is 20.6 Å². The average Bonchev–Trinajstić information content (AvgIpc) is 2.88. The summed E-state index contributed by atoms with van der Waals surface area (Å²) < 4.78 is 66.7. The second kappa shape index (κ2) is 6.22. The standard InChI is InChI=1S/C12H7F5N4O3/c1-4-5(21(23)24)2-18-20(4)3-6(22)19-12-10(16)8(14)7(13)9(15)11(12)17/h2H,3H2,1H3,(H,19,22). The fourth-order valence-corrected chi connectivity index (χ4v) is 1.80. The minimum atomic E-state index is -2.36. The maximum absolute atomic E-state index is 13.4. The molecular formula is C12H7F5N4O3. The summed E-state index contributed by atoms with van der Waals surface area (Å²) in [6, 6.07) is 0. The number of nitro groups is 1. The first kappa shape index (κ1) is 17.3. The van der Waals surface area contributed by atoms with Crippen LogP contribution in [0.3, 0.4) is 0 Å². The number of amides is 1. The molecule has 0 saturated carbocycles. The molecule has 1 amide bonds. The number of nitrogens with zero attached hydrogens (tertiary/aromatic N) is 3. The largest absolute Gasteiger partial charge is 0.319 e. The van der Waals surface area contributed by atoms with Gasteiger partial charge in [-0.3, -0.25) is 19.6 Å². The third-order valence-corrected chi connectivity index (χ3v) is 3.04. The Morgan fingerprint density at radius 1 is 1.17 bits per heavy atom. The van der Waals surface area contributed by atoms with Crippen LogP contribution >= 0.6 is 0 Å². The normalized spacial score (nSPS) is 10.8. The lowest BCUT2D eigenvalue weighted by atomic mass is 10.2. The summed E-state index contributed by atoms with van der Waals surface area (Å²) in [7, 11) is 0. The van der Waals surface area contributed by atoms with Crippen LogP contribution in [0.15, 0.2) is 6.20 Å². The van der Waals surface area contributed by atoms with Gasteiger partial charge >= 0.3 is 5.69 Å². The molecule has 1 heterocycles. The van der Waals surface area contributed by atoms with E-state index in [1.54, 1.807) is 0 Å². The summed E-state index contributed by atoms with van der Waals surface area (Å²) in [4.78, 5) is 21.6. The number of nitrogens with one attached hydrogen (secondary N) is 1. The number of carbonyl (C=O) groups excluding carboxylic acids is 1. The molecule has 0 spiro atoms. The summed E-state index contributed by atoms with van der Waals surface area (Å²) in [6.07, 6.45) is 0.848. The summed E-state index contributed by atoms with van der Waals surface area (Å²) in [5, 5.41) is 15.7. The molecule has 0 saturated heterocycles. The van der Waals surface area contributed by atoms with Crippen molar-refractivity contribution in [2.45, 2.75) is 13.5 Å². The van der Waals surface area contributed by atoms with Gasteiger partial charge in [0.1, 0.15) is 24.1 Å². The van der Waals surface area contributed by atoms with Crippen LogP contribution in [0.5, 0.6) is 0 Å². The summed E-state index contributed by atoms with van der Waals surface area (Å²) in [6.45, 7) is 0.524. The van der Waals surface area contributed by atoms with E-state index in [0.717, 1.165) is 10.9 Å². The van der Waals surface area contributed by atoms with Gasteiger partial charge in [0.25, 0.3) is 0 Å². The Labute approximate surface area is 129 Å². The van der Waals surface area contributed by atoms with Crippen molar-refractivity contribution in [3.8, 4) is 0 Å². The van der Waals surface area contributed by atoms with Crippen molar-refractivity contribution in [3.05, 3.63) is 51.1 Å².